The number of hydrogen-bond donors (Lipinski definition) is 1. The van der Waals surface area contributed by atoms with Crippen molar-refractivity contribution in [2.24, 2.45) is 0 Å². The maximum Gasteiger partial charge on any atom is 0.242 e. The van der Waals surface area contributed by atoms with Crippen molar-refractivity contribution in [3.05, 3.63) is 69.2 Å². The van der Waals surface area contributed by atoms with E-state index in [-0.39, 0.29) is 18.2 Å². The van der Waals surface area contributed by atoms with Gasteiger partial charge in [-0.1, -0.05) is 60.5 Å². The summed E-state index contributed by atoms with van der Waals surface area (Å²) in [7, 11) is 1.58. The Hall–Kier alpha value is -2.04. The molecule has 0 fully saturated rings. The van der Waals surface area contributed by atoms with Gasteiger partial charge in [-0.2, -0.15) is 0 Å². The van der Waals surface area contributed by atoms with Crippen molar-refractivity contribution in [3.63, 3.8) is 0 Å². The molecule has 0 bridgehead atoms. The molecule has 0 aromatic heterocycles. The summed E-state index contributed by atoms with van der Waals surface area (Å²) in [6.45, 7) is 4.25. The molecule has 1 atom stereocenters. The summed E-state index contributed by atoms with van der Waals surface area (Å²) in [6.07, 6.45) is 0.626. The Balaban J connectivity index is 2.33. The predicted octanol–water partition coefficient (Wildman–Crippen LogP) is 4.40. The summed E-state index contributed by atoms with van der Waals surface area (Å²) < 4.78 is 0. The molecule has 0 saturated carbocycles. The fraction of sp³-hybridized carbons (Fsp3) is 0.333. The Labute approximate surface area is 170 Å². The number of carbonyl (C=O) groups is 2. The van der Waals surface area contributed by atoms with Crippen molar-refractivity contribution in [3.8, 4) is 0 Å². The molecule has 144 valence electrons. The molecule has 0 heterocycles. The molecular weight excluding hydrogens is 383 g/mol. The summed E-state index contributed by atoms with van der Waals surface area (Å²) in [6, 6.07) is 12.4. The summed E-state index contributed by atoms with van der Waals surface area (Å²) >= 11 is 12.2. The highest BCUT2D eigenvalue weighted by atomic mass is 35.5. The van der Waals surface area contributed by atoms with Gasteiger partial charge in [-0.25, -0.2) is 0 Å². The molecule has 2 amide bonds. The van der Waals surface area contributed by atoms with Gasteiger partial charge in [0.1, 0.15) is 6.04 Å². The Morgan fingerprint density at radius 1 is 1.11 bits per heavy atom. The summed E-state index contributed by atoms with van der Waals surface area (Å²) in [5, 5.41) is 3.62. The van der Waals surface area contributed by atoms with Gasteiger partial charge in [0.05, 0.1) is 6.42 Å². The van der Waals surface area contributed by atoms with Gasteiger partial charge in [-0.05, 0) is 42.2 Å². The number of rotatable bonds is 7. The zero-order valence-corrected chi connectivity index (χ0v) is 17.3. The highest BCUT2D eigenvalue weighted by molar-refractivity contribution is 6.35. The lowest BCUT2D eigenvalue weighted by Crippen LogP contribution is -2.48. The van der Waals surface area contributed by atoms with Gasteiger partial charge in [0.2, 0.25) is 11.8 Å². The van der Waals surface area contributed by atoms with Gasteiger partial charge in [0.25, 0.3) is 0 Å². The molecule has 4 nitrogen and oxygen atoms in total. The lowest BCUT2D eigenvalue weighted by molar-refractivity contribution is -0.140. The number of nitrogens with one attached hydrogen (secondary N) is 1. The van der Waals surface area contributed by atoms with Crippen LogP contribution in [-0.2, 0) is 22.6 Å². The molecule has 0 aliphatic carbocycles. The summed E-state index contributed by atoms with van der Waals surface area (Å²) in [5.41, 5.74) is 2.77. The van der Waals surface area contributed by atoms with Crippen LogP contribution in [0.5, 0.6) is 0 Å². The van der Waals surface area contributed by atoms with Crippen LogP contribution in [0.15, 0.2) is 42.5 Å². The van der Waals surface area contributed by atoms with Crippen LogP contribution in [0.25, 0.3) is 0 Å². The SMILES string of the molecule is CCC(C(=O)NC)N(Cc1ccccc1C)C(=O)Cc1ccc(Cl)cc1Cl. The molecule has 2 rings (SSSR count). The fourth-order valence-corrected chi connectivity index (χ4v) is 3.46. The average molecular weight is 407 g/mol. The molecular formula is C21H24Cl2N2O2. The van der Waals surface area contributed by atoms with Crippen LogP contribution in [0.2, 0.25) is 10.0 Å². The van der Waals surface area contributed by atoms with E-state index in [2.05, 4.69) is 5.32 Å². The molecule has 0 aliphatic rings. The average Bonchev–Trinajstić information content (AvgIpc) is 2.65. The molecule has 6 heteroatoms. The van der Waals surface area contributed by atoms with E-state index in [0.717, 1.165) is 11.1 Å². The first-order valence-electron chi connectivity index (χ1n) is 8.86. The minimum atomic E-state index is -0.548. The lowest BCUT2D eigenvalue weighted by Gasteiger charge is -2.31. The third-order valence-electron chi connectivity index (χ3n) is 4.59. The standard InChI is InChI=1S/C21H24Cl2N2O2/c1-4-19(21(27)24-3)25(13-16-8-6-5-7-14(16)2)20(26)11-15-9-10-17(22)12-18(15)23/h5-10,12,19H,4,11,13H2,1-3H3,(H,24,27). The van der Waals surface area contributed by atoms with Crippen LogP contribution >= 0.6 is 23.2 Å². The van der Waals surface area contributed by atoms with Crippen LogP contribution in [0.3, 0.4) is 0 Å². The van der Waals surface area contributed by atoms with Crippen molar-refractivity contribution in [1.29, 1.82) is 0 Å². The molecule has 0 spiro atoms. The lowest BCUT2D eigenvalue weighted by atomic mass is 10.0. The van der Waals surface area contributed by atoms with E-state index in [1.54, 1.807) is 30.1 Å². The van der Waals surface area contributed by atoms with Gasteiger partial charge in [-0.15, -0.1) is 0 Å². The van der Waals surface area contributed by atoms with Crippen LogP contribution in [0.4, 0.5) is 0 Å². The first-order valence-corrected chi connectivity index (χ1v) is 9.62. The van der Waals surface area contributed by atoms with Crippen LogP contribution in [0.1, 0.15) is 30.0 Å². The van der Waals surface area contributed by atoms with E-state index in [4.69, 9.17) is 23.2 Å². The van der Waals surface area contributed by atoms with Crippen molar-refractivity contribution in [1.82, 2.24) is 10.2 Å². The quantitative estimate of drug-likeness (QED) is 0.740. The van der Waals surface area contributed by atoms with Gasteiger partial charge < -0.3 is 10.2 Å². The minimum Gasteiger partial charge on any atom is -0.357 e. The molecule has 0 radical (unpaired) electrons. The highest BCUT2D eigenvalue weighted by Crippen LogP contribution is 2.23. The number of aryl methyl sites for hydroxylation is 1. The number of benzene rings is 2. The fourth-order valence-electron chi connectivity index (χ4n) is 2.99. The van der Waals surface area contributed by atoms with Crippen LogP contribution in [-0.4, -0.2) is 29.8 Å². The number of likely N-dealkylation sites (N-methyl/N-ethyl adjacent to an activating group) is 1. The molecule has 1 N–H and O–H groups in total. The van der Waals surface area contributed by atoms with Crippen LogP contribution < -0.4 is 5.32 Å². The number of amides is 2. The second-order valence-corrected chi connectivity index (χ2v) is 7.24. The normalized spacial score (nSPS) is 11.7. The summed E-state index contributed by atoms with van der Waals surface area (Å²) in [5.74, 6) is -0.334. The molecule has 2 aromatic rings. The van der Waals surface area contributed by atoms with E-state index >= 15 is 0 Å². The van der Waals surface area contributed by atoms with E-state index in [1.165, 1.54) is 0 Å². The number of halogens is 2. The molecule has 1 unspecified atom stereocenters. The Morgan fingerprint density at radius 3 is 2.41 bits per heavy atom. The maximum absolute atomic E-state index is 13.1. The number of hydrogen-bond acceptors (Lipinski definition) is 2. The molecule has 27 heavy (non-hydrogen) atoms. The predicted molar refractivity (Wildman–Crippen MR) is 110 cm³/mol. The van der Waals surface area contributed by atoms with E-state index in [1.807, 2.05) is 38.1 Å². The Kier molecular flexibility index (Phi) is 7.69. The van der Waals surface area contributed by atoms with E-state index in [0.29, 0.717) is 28.6 Å². The monoisotopic (exact) mass is 406 g/mol. The third kappa shape index (κ3) is 5.47. The minimum absolute atomic E-state index is 0.107. The molecule has 0 aliphatic heterocycles. The zero-order chi connectivity index (χ0) is 20.0. The first-order chi connectivity index (χ1) is 12.9. The third-order valence-corrected chi connectivity index (χ3v) is 5.18. The first kappa shape index (κ1) is 21.3. The van der Waals surface area contributed by atoms with Crippen molar-refractivity contribution >= 4 is 35.0 Å². The van der Waals surface area contributed by atoms with Gasteiger partial charge in [0, 0.05) is 23.6 Å². The number of carbonyl (C=O) groups excluding carboxylic acids is 2. The highest BCUT2D eigenvalue weighted by Gasteiger charge is 2.28. The Morgan fingerprint density at radius 2 is 1.81 bits per heavy atom. The molecule has 2 aromatic carbocycles. The van der Waals surface area contributed by atoms with E-state index < -0.39 is 6.04 Å². The Bertz CT molecular complexity index is 824. The smallest absolute Gasteiger partial charge is 0.242 e. The second-order valence-electron chi connectivity index (χ2n) is 6.40. The van der Waals surface area contributed by atoms with Crippen molar-refractivity contribution in [2.75, 3.05) is 7.05 Å². The van der Waals surface area contributed by atoms with Crippen molar-refractivity contribution in [2.45, 2.75) is 39.3 Å². The zero-order valence-electron chi connectivity index (χ0n) is 15.8. The number of nitrogens with zero attached hydrogens (tertiary/aromatic N) is 1. The summed E-state index contributed by atoms with van der Waals surface area (Å²) in [4.78, 5) is 27.2. The van der Waals surface area contributed by atoms with Gasteiger partial charge in [0.15, 0.2) is 0 Å². The van der Waals surface area contributed by atoms with E-state index in [9.17, 15) is 9.59 Å². The topological polar surface area (TPSA) is 49.4 Å². The van der Waals surface area contributed by atoms with Crippen LogP contribution in [0, 0.1) is 6.92 Å². The largest absolute Gasteiger partial charge is 0.357 e. The maximum atomic E-state index is 13.1. The second kappa shape index (κ2) is 9.77. The van der Waals surface area contributed by atoms with Crippen molar-refractivity contribution < 1.29 is 9.59 Å². The van der Waals surface area contributed by atoms with Gasteiger partial charge >= 0.3 is 0 Å². The van der Waals surface area contributed by atoms with Gasteiger partial charge in [-0.3, -0.25) is 9.59 Å². The molecule has 0 saturated heterocycles.